The van der Waals surface area contributed by atoms with Crippen LogP contribution >= 0.6 is 0 Å². The van der Waals surface area contributed by atoms with Crippen molar-refractivity contribution in [3.63, 3.8) is 0 Å². The number of rotatable bonds is 2. The van der Waals surface area contributed by atoms with Crippen molar-refractivity contribution >= 4 is 6.09 Å². The molecule has 0 unspecified atom stereocenters. The fourth-order valence-electron chi connectivity index (χ4n) is 3.20. The van der Waals surface area contributed by atoms with Gasteiger partial charge in [0, 0.05) is 13.1 Å². The van der Waals surface area contributed by atoms with Crippen LogP contribution in [0.15, 0.2) is 0 Å². The van der Waals surface area contributed by atoms with Gasteiger partial charge in [-0.15, -0.1) is 0 Å². The molecule has 0 N–H and O–H groups in total. The minimum absolute atomic E-state index is 0.0521. The molecule has 1 aliphatic carbocycles. The second kappa shape index (κ2) is 3.87. The summed E-state index contributed by atoms with van der Waals surface area (Å²) in [5, 5.41) is 0. The molecule has 0 aromatic heterocycles. The number of nitrogens with zero attached hydrogens (tertiary/aromatic N) is 2. The highest BCUT2D eigenvalue weighted by Crippen LogP contribution is 2.51. The van der Waals surface area contributed by atoms with Gasteiger partial charge in [-0.2, -0.15) is 0 Å². The smallest absolute Gasteiger partial charge is 0.410 e. The normalized spacial score (nSPS) is 31.6. The number of fused-ring (bicyclic) bond motifs is 1. The van der Waals surface area contributed by atoms with Crippen molar-refractivity contribution in [3.8, 4) is 0 Å². The summed E-state index contributed by atoms with van der Waals surface area (Å²) in [6, 6.07) is 0. The van der Waals surface area contributed by atoms with Gasteiger partial charge >= 0.3 is 6.09 Å². The van der Waals surface area contributed by atoms with Crippen LogP contribution in [0, 0.1) is 5.92 Å². The number of amides is 1. The Morgan fingerprint density at radius 3 is 2.47 bits per heavy atom. The summed E-state index contributed by atoms with van der Waals surface area (Å²) < 4.78 is 5.49. The number of ether oxygens (including phenoxy) is 1. The van der Waals surface area contributed by atoms with Gasteiger partial charge in [-0.05, 0) is 53.6 Å². The van der Waals surface area contributed by atoms with Crippen molar-refractivity contribution in [1.29, 1.82) is 0 Å². The average Bonchev–Trinajstić information content (AvgIpc) is 2.52. The Morgan fingerprint density at radius 2 is 2.00 bits per heavy atom. The molecule has 0 aromatic rings. The zero-order valence-corrected chi connectivity index (χ0v) is 11.6. The Balaban J connectivity index is 2.03. The Bertz CT molecular complexity index is 314. The van der Waals surface area contributed by atoms with E-state index in [1.54, 1.807) is 0 Å². The summed E-state index contributed by atoms with van der Waals surface area (Å²) in [6.45, 7) is 7.59. The Hall–Kier alpha value is -0.770. The zero-order valence-electron chi connectivity index (χ0n) is 11.6. The molecule has 3 rings (SSSR count). The maximum atomic E-state index is 12.2. The van der Waals surface area contributed by atoms with E-state index in [9.17, 15) is 4.79 Å². The molecule has 2 aliphatic heterocycles. The molecule has 0 radical (unpaired) electrons. The van der Waals surface area contributed by atoms with Crippen molar-refractivity contribution in [3.05, 3.63) is 0 Å². The maximum Gasteiger partial charge on any atom is 0.410 e. The van der Waals surface area contributed by atoms with E-state index in [4.69, 9.17) is 4.74 Å². The van der Waals surface area contributed by atoms with E-state index >= 15 is 0 Å². The minimum Gasteiger partial charge on any atom is -0.444 e. The molecule has 0 aromatic carbocycles. The van der Waals surface area contributed by atoms with Gasteiger partial charge in [-0.3, -0.25) is 0 Å². The summed E-state index contributed by atoms with van der Waals surface area (Å²) >= 11 is 0. The molecular weight excluding hydrogens is 216 g/mol. The van der Waals surface area contributed by atoms with E-state index < -0.39 is 5.60 Å². The average molecular weight is 240 g/mol. The van der Waals surface area contributed by atoms with E-state index in [1.165, 1.54) is 0 Å². The number of carbonyl (C=O) groups excluding carboxylic acids is 1. The molecule has 2 bridgehead atoms. The summed E-state index contributed by atoms with van der Waals surface area (Å²) in [4.78, 5) is 16.3. The van der Waals surface area contributed by atoms with Gasteiger partial charge in [0.1, 0.15) is 5.60 Å². The second-order valence-corrected chi connectivity index (χ2v) is 6.83. The summed E-state index contributed by atoms with van der Waals surface area (Å²) in [6.07, 6.45) is 2.15. The highest BCUT2D eigenvalue weighted by Gasteiger charge is 2.58. The molecular formula is C13H24N2O2. The monoisotopic (exact) mass is 240 g/mol. The zero-order chi connectivity index (χ0) is 12.8. The number of likely N-dealkylation sites (N-methyl/N-ethyl adjacent to an activating group) is 1. The van der Waals surface area contributed by atoms with Crippen LogP contribution in [0.25, 0.3) is 0 Å². The van der Waals surface area contributed by atoms with Crippen LogP contribution < -0.4 is 0 Å². The molecule has 98 valence electrons. The van der Waals surface area contributed by atoms with Gasteiger partial charge < -0.3 is 14.5 Å². The lowest BCUT2D eigenvalue weighted by molar-refractivity contribution is 0.00134. The predicted molar refractivity (Wildman–Crippen MR) is 66.9 cm³/mol. The highest BCUT2D eigenvalue weighted by atomic mass is 16.6. The standard InChI is InChI=1S/C13H24N2O2/c1-12(2,3)17-11(16)15-8-10-6-13(15,7-10)9-14(4)5/h10H,6-9H2,1-5H3. The summed E-state index contributed by atoms with van der Waals surface area (Å²) in [5.41, 5.74) is -0.347. The van der Waals surface area contributed by atoms with Crippen molar-refractivity contribution in [2.45, 2.75) is 44.8 Å². The lowest BCUT2D eigenvalue weighted by atomic mass is 9.73. The van der Waals surface area contributed by atoms with Gasteiger partial charge in [-0.1, -0.05) is 0 Å². The van der Waals surface area contributed by atoms with Crippen LogP contribution in [0.2, 0.25) is 0 Å². The molecule has 1 amide bonds. The fraction of sp³-hybridized carbons (Fsp3) is 0.923. The molecule has 0 spiro atoms. The van der Waals surface area contributed by atoms with E-state index in [-0.39, 0.29) is 11.6 Å². The first-order chi connectivity index (χ1) is 7.72. The molecule has 3 fully saturated rings. The molecule has 2 heterocycles. The number of hydrogen-bond acceptors (Lipinski definition) is 3. The molecule has 4 heteroatoms. The van der Waals surface area contributed by atoms with Crippen molar-refractivity contribution in [2.24, 2.45) is 5.92 Å². The maximum absolute atomic E-state index is 12.2. The lowest BCUT2D eigenvalue weighted by Crippen LogP contribution is -2.55. The van der Waals surface area contributed by atoms with Gasteiger partial charge in [0.15, 0.2) is 0 Å². The van der Waals surface area contributed by atoms with Crippen molar-refractivity contribution in [2.75, 3.05) is 27.2 Å². The largest absolute Gasteiger partial charge is 0.444 e. The first-order valence-corrected chi connectivity index (χ1v) is 6.37. The van der Waals surface area contributed by atoms with Crippen molar-refractivity contribution < 1.29 is 9.53 Å². The van der Waals surface area contributed by atoms with Gasteiger partial charge in [0.25, 0.3) is 0 Å². The van der Waals surface area contributed by atoms with Crippen LogP contribution in [0.3, 0.4) is 0 Å². The third kappa shape index (κ3) is 2.41. The first kappa shape index (κ1) is 12.7. The van der Waals surface area contributed by atoms with Gasteiger partial charge in [-0.25, -0.2) is 4.79 Å². The topological polar surface area (TPSA) is 32.8 Å². The van der Waals surface area contributed by atoms with Crippen molar-refractivity contribution in [1.82, 2.24) is 9.80 Å². The third-order valence-electron chi connectivity index (χ3n) is 3.58. The van der Waals surface area contributed by atoms with Gasteiger partial charge in [0.05, 0.1) is 5.54 Å². The minimum atomic E-state index is -0.399. The predicted octanol–water partition coefficient (Wildman–Crippen LogP) is 1.95. The van der Waals surface area contributed by atoms with E-state index in [1.807, 2.05) is 25.7 Å². The number of hydrogen-bond donors (Lipinski definition) is 0. The third-order valence-corrected chi connectivity index (χ3v) is 3.58. The molecule has 4 nitrogen and oxygen atoms in total. The Kier molecular flexibility index (Phi) is 2.89. The van der Waals surface area contributed by atoms with Crippen LogP contribution in [0.5, 0.6) is 0 Å². The van der Waals surface area contributed by atoms with Gasteiger partial charge in [0.2, 0.25) is 0 Å². The summed E-state index contributed by atoms with van der Waals surface area (Å²) in [5.74, 6) is 0.697. The lowest BCUT2D eigenvalue weighted by Gasteiger charge is -2.43. The SMILES string of the molecule is CN(C)CC12CC(CN1C(=O)OC(C)(C)C)C2. The van der Waals surface area contributed by atoms with E-state index in [2.05, 4.69) is 19.0 Å². The molecule has 17 heavy (non-hydrogen) atoms. The van der Waals surface area contributed by atoms with Crippen LogP contribution in [-0.4, -0.2) is 54.2 Å². The van der Waals surface area contributed by atoms with Crippen LogP contribution in [0.4, 0.5) is 4.79 Å². The Labute approximate surface area is 104 Å². The Morgan fingerprint density at radius 1 is 1.41 bits per heavy atom. The molecule has 1 saturated carbocycles. The molecule has 0 atom stereocenters. The molecule has 3 aliphatic rings. The van der Waals surface area contributed by atoms with E-state index in [0.29, 0.717) is 5.92 Å². The van der Waals surface area contributed by atoms with Crippen LogP contribution in [0.1, 0.15) is 33.6 Å². The first-order valence-electron chi connectivity index (χ1n) is 6.37. The highest BCUT2D eigenvalue weighted by molar-refractivity contribution is 5.70. The van der Waals surface area contributed by atoms with Crippen LogP contribution in [-0.2, 0) is 4.74 Å². The summed E-state index contributed by atoms with van der Waals surface area (Å²) in [7, 11) is 4.13. The molecule has 2 saturated heterocycles. The van der Waals surface area contributed by atoms with E-state index in [0.717, 1.165) is 25.9 Å². The quantitative estimate of drug-likeness (QED) is 0.739. The fourth-order valence-corrected chi connectivity index (χ4v) is 3.20. The number of carbonyl (C=O) groups is 1. The second-order valence-electron chi connectivity index (χ2n) is 6.83.